The fourth-order valence-electron chi connectivity index (χ4n) is 3.16. The molecule has 2 amide bonds. The largest absolute Gasteiger partial charge is 0.391 e. The minimum Gasteiger partial charge on any atom is -0.391 e. The Hall–Kier alpha value is -2.25. The standard InChI is InChI=1S/C20H22BrN3O3/c1-12-6-7-13(19(26)23-16-4-2-3-5-18(16)25)9-17(12)24-20(27)14-8-15(21)11-22-10-14/h6-11,16,18,25H,2-5H2,1H3,(H,23,26)(H,24,27)/t16-,18-/m0/s1. The number of nitrogens with zero attached hydrogens (tertiary/aromatic N) is 1. The molecule has 27 heavy (non-hydrogen) atoms. The van der Waals surface area contributed by atoms with Gasteiger partial charge >= 0.3 is 0 Å². The number of aliphatic hydroxyl groups is 1. The van der Waals surface area contributed by atoms with Crippen LogP contribution in [-0.4, -0.2) is 34.1 Å². The number of halogens is 1. The van der Waals surface area contributed by atoms with Gasteiger partial charge in [0.2, 0.25) is 0 Å². The number of benzene rings is 1. The number of aliphatic hydroxyl groups excluding tert-OH is 1. The summed E-state index contributed by atoms with van der Waals surface area (Å²) in [5, 5.41) is 15.8. The number of aromatic nitrogens is 1. The van der Waals surface area contributed by atoms with Gasteiger partial charge in [-0.05, 0) is 59.5 Å². The van der Waals surface area contributed by atoms with Gasteiger partial charge in [-0.15, -0.1) is 0 Å². The smallest absolute Gasteiger partial charge is 0.257 e. The molecule has 0 saturated heterocycles. The predicted molar refractivity (Wildman–Crippen MR) is 107 cm³/mol. The molecule has 0 spiro atoms. The van der Waals surface area contributed by atoms with Crippen LogP contribution in [0.25, 0.3) is 0 Å². The van der Waals surface area contributed by atoms with Gasteiger partial charge in [0.1, 0.15) is 0 Å². The van der Waals surface area contributed by atoms with E-state index >= 15 is 0 Å². The highest BCUT2D eigenvalue weighted by atomic mass is 79.9. The van der Waals surface area contributed by atoms with Crippen molar-refractivity contribution in [1.82, 2.24) is 10.3 Å². The van der Waals surface area contributed by atoms with Gasteiger partial charge in [-0.2, -0.15) is 0 Å². The van der Waals surface area contributed by atoms with Crippen LogP contribution in [0.1, 0.15) is 52.0 Å². The maximum Gasteiger partial charge on any atom is 0.257 e. The summed E-state index contributed by atoms with van der Waals surface area (Å²) in [6.45, 7) is 1.86. The van der Waals surface area contributed by atoms with Crippen molar-refractivity contribution in [3.05, 3.63) is 57.8 Å². The summed E-state index contributed by atoms with van der Waals surface area (Å²) in [5.41, 5.74) is 2.28. The maximum atomic E-state index is 12.6. The average Bonchev–Trinajstić information content (AvgIpc) is 2.65. The first kappa shape index (κ1) is 19.5. The Morgan fingerprint density at radius 2 is 1.89 bits per heavy atom. The molecule has 2 aromatic rings. The SMILES string of the molecule is Cc1ccc(C(=O)N[C@H]2CCCC[C@@H]2O)cc1NC(=O)c1cncc(Br)c1. The highest BCUT2D eigenvalue weighted by Gasteiger charge is 2.25. The van der Waals surface area contributed by atoms with E-state index in [1.807, 2.05) is 6.92 Å². The fraction of sp³-hybridized carbons (Fsp3) is 0.350. The van der Waals surface area contributed by atoms with E-state index in [-0.39, 0.29) is 17.9 Å². The lowest BCUT2D eigenvalue weighted by atomic mass is 9.92. The van der Waals surface area contributed by atoms with Crippen molar-refractivity contribution in [1.29, 1.82) is 0 Å². The monoisotopic (exact) mass is 431 g/mol. The molecule has 0 aliphatic heterocycles. The lowest BCUT2D eigenvalue weighted by Gasteiger charge is -2.28. The van der Waals surface area contributed by atoms with E-state index in [1.54, 1.807) is 30.5 Å². The van der Waals surface area contributed by atoms with Crippen LogP contribution < -0.4 is 10.6 Å². The minimum atomic E-state index is -0.503. The number of anilines is 1. The summed E-state index contributed by atoms with van der Waals surface area (Å²) in [4.78, 5) is 29.0. The molecule has 3 N–H and O–H groups in total. The van der Waals surface area contributed by atoms with Crippen LogP contribution in [0.5, 0.6) is 0 Å². The van der Waals surface area contributed by atoms with E-state index in [9.17, 15) is 14.7 Å². The number of rotatable bonds is 4. The van der Waals surface area contributed by atoms with Crippen LogP contribution >= 0.6 is 15.9 Å². The minimum absolute atomic E-state index is 0.224. The van der Waals surface area contributed by atoms with Crippen molar-refractivity contribution in [3.63, 3.8) is 0 Å². The van der Waals surface area contributed by atoms with Gasteiger partial charge in [-0.3, -0.25) is 14.6 Å². The Labute approximate surface area is 166 Å². The van der Waals surface area contributed by atoms with Crippen LogP contribution in [-0.2, 0) is 0 Å². The zero-order chi connectivity index (χ0) is 19.4. The summed E-state index contributed by atoms with van der Waals surface area (Å²) >= 11 is 3.30. The van der Waals surface area contributed by atoms with Crippen molar-refractivity contribution in [2.45, 2.75) is 44.8 Å². The van der Waals surface area contributed by atoms with Crippen molar-refractivity contribution < 1.29 is 14.7 Å². The van der Waals surface area contributed by atoms with Gasteiger partial charge in [-0.25, -0.2) is 0 Å². The summed E-state index contributed by atoms with van der Waals surface area (Å²) in [6, 6.07) is 6.62. The lowest BCUT2D eigenvalue weighted by molar-refractivity contribution is 0.0717. The van der Waals surface area contributed by atoms with Gasteiger partial charge in [-0.1, -0.05) is 18.9 Å². The molecule has 1 aliphatic rings. The zero-order valence-corrected chi connectivity index (χ0v) is 16.6. The second-order valence-corrected chi connectivity index (χ2v) is 7.72. The first-order valence-electron chi connectivity index (χ1n) is 8.95. The highest BCUT2D eigenvalue weighted by Crippen LogP contribution is 2.21. The Morgan fingerprint density at radius 1 is 1.11 bits per heavy atom. The van der Waals surface area contributed by atoms with E-state index in [4.69, 9.17) is 0 Å². The predicted octanol–water partition coefficient (Wildman–Crippen LogP) is 3.44. The number of aryl methyl sites for hydroxylation is 1. The molecule has 0 radical (unpaired) electrons. The number of carbonyl (C=O) groups excluding carboxylic acids is 2. The topological polar surface area (TPSA) is 91.3 Å². The molecule has 3 rings (SSSR count). The Bertz CT molecular complexity index is 856. The fourth-order valence-corrected chi connectivity index (χ4v) is 3.52. The van der Waals surface area contributed by atoms with E-state index < -0.39 is 6.10 Å². The molecule has 1 aromatic carbocycles. The number of pyridine rings is 1. The highest BCUT2D eigenvalue weighted by molar-refractivity contribution is 9.10. The normalized spacial score (nSPS) is 19.4. The zero-order valence-electron chi connectivity index (χ0n) is 15.0. The third-order valence-electron chi connectivity index (χ3n) is 4.76. The number of hydrogen-bond donors (Lipinski definition) is 3. The molecule has 1 heterocycles. The third-order valence-corrected chi connectivity index (χ3v) is 5.19. The van der Waals surface area contributed by atoms with E-state index in [1.165, 1.54) is 6.20 Å². The van der Waals surface area contributed by atoms with Crippen LogP contribution in [0, 0.1) is 6.92 Å². The van der Waals surface area contributed by atoms with Gasteiger partial charge in [0, 0.05) is 28.1 Å². The molecule has 6 nitrogen and oxygen atoms in total. The number of carbonyl (C=O) groups is 2. The quantitative estimate of drug-likeness (QED) is 0.691. The van der Waals surface area contributed by atoms with Crippen molar-refractivity contribution in [3.8, 4) is 0 Å². The van der Waals surface area contributed by atoms with Crippen molar-refractivity contribution in [2.24, 2.45) is 0 Å². The second kappa shape index (κ2) is 8.63. The van der Waals surface area contributed by atoms with Gasteiger partial charge in [0.25, 0.3) is 11.8 Å². The molecule has 0 bridgehead atoms. The molecule has 1 aromatic heterocycles. The first-order valence-corrected chi connectivity index (χ1v) is 9.75. The van der Waals surface area contributed by atoms with Crippen LogP contribution in [0.2, 0.25) is 0 Å². The average molecular weight is 432 g/mol. The summed E-state index contributed by atoms with van der Waals surface area (Å²) in [5.74, 6) is -0.548. The molecular weight excluding hydrogens is 410 g/mol. The van der Waals surface area contributed by atoms with Crippen molar-refractivity contribution in [2.75, 3.05) is 5.32 Å². The van der Waals surface area contributed by atoms with E-state index in [2.05, 4.69) is 31.5 Å². The molecule has 142 valence electrons. The van der Waals surface area contributed by atoms with Gasteiger partial charge in [0.15, 0.2) is 0 Å². The first-order chi connectivity index (χ1) is 12.9. The van der Waals surface area contributed by atoms with Gasteiger partial charge < -0.3 is 15.7 Å². The summed E-state index contributed by atoms with van der Waals surface area (Å²) in [6.07, 6.45) is 6.05. The third kappa shape index (κ3) is 4.93. The summed E-state index contributed by atoms with van der Waals surface area (Å²) in [7, 11) is 0. The number of hydrogen-bond acceptors (Lipinski definition) is 4. The van der Waals surface area contributed by atoms with E-state index in [0.29, 0.717) is 27.7 Å². The Morgan fingerprint density at radius 3 is 2.63 bits per heavy atom. The molecule has 1 saturated carbocycles. The lowest BCUT2D eigenvalue weighted by Crippen LogP contribution is -2.45. The molecule has 1 fully saturated rings. The Balaban J connectivity index is 1.73. The maximum absolute atomic E-state index is 12.6. The second-order valence-electron chi connectivity index (χ2n) is 6.81. The van der Waals surface area contributed by atoms with Crippen molar-refractivity contribution >= 4 is 33.4 Å². The van der Waals surface area contributed by atoms with Crippen LogP contribution in [0.3, 0.4) is 0 Å². The summed E-state index contributed by atoms with van der Waals surface area (Å²) < 4.78 is 0.714. The van der Waals surface area contributed by atoms with Crippen LogP contribution in [0.4, 0.5) is 5.69 Å². The molecule has 7 heteroatoms. The molecule has 0 unspecified atom stereocenters. The molecule has 2 atom stereocenters. The van der Waals surface area contributed by atoms with Gasteiger partial charge in [0.05, 0.1) is 17.7 Å². The molecular formula is C20H22BrN3O3. The van der Waals surface area contributed by atoms with E-state index in [0.717, 1.165) is 24.8 Å². The molecule has 1 aliphatic carbocycles. The number of nitrogens with one attached hydrogen (secondary N) is 2. The van der Waals surface area contributed by atoms with Crippen LogP contribution in [0.15, 0.2) is 41.1 Å². The number of amides is 2. The Kier molecular flexibility index (Phi) is 6.23.